The van der Waals surface area contributed by atoms with Gasteiger partial charge in [-0.05, 0) is 31.4 Å². The van der Waals surface area contributed by atoms with Gasteiger partial charge in [0.2, 0.25) is 0 Å². The summed E-state index contributed by atoms with van der Waals surface area (Å²) in [5.41, 5.74) is 7.93. The number of amides is 1. The third-order valence-corrected chi connectivity index (χ3v) is 8.28. The molecule has 1 aromatic carbocycles. The van der Waals surface area contributed by atoms with Crippen LogP contribution in [0.1, 0.15) is 42.9 Å². The lowest BCUT2D eigenvalue weighted by molar-refractivity contribution is -0.108. The molecule has 3 heterocycles. The lowest BCUT2D eigenvalue weighted by atomic mass is 10.1. The maximum atomic E-state index is 12.4. The van der Waals surface area contributed by atoms with Crippen LogP contribution in [0.4, 0.5) is 23.0 Å². The molecule has 4 rings (SSSR count). The molecule has 1 fully saturated rings. The number of anilines is 4. The number of nitrogens with two attached hydrogens (primary N) is 1. The molecule has 12 nitrogen and oxygen atoms in total. The number of rotatable bonds is 12. The Labute approximate surface area is 231 Å². The molecule has 0 radical (unpaired) electrons. The number of aromatic nitrogens is 2. The number of carbonyl (C=O) groups is 2. The summed E-state index contributed by atoms with van der Waals surface area (Å²) in [4.78, 5) is 34.7. The maximum absolute atomic E-state index is 12.4. The van der Waals surface area contributed by atoms with Gasteiger partial charge in [-0.25, -0.2) is 18.5 Å². The topological polar surface area (TPSA) is 152 Å². The van der Waals surface area contributed by atoms with E-state index >= 15 is 0 Å². The summed E-state index contributed by atoms with van der Waals surface area (Å²) in [5, 5.41) is 6.67. The van der Waals surface area contributed by atoms with E-state index in [9.17, 15) is 13.8 Å². The first-order chi connectivity index (χ1) is 18.8. The molecule has 1 aromatic heterocycles. The van der Waals surface area contributed by atoms with Gasteiger partial charge in [0.15, 0.2) is 17.3 Å². The lowest BCUT2D eigenvalue weighted by Crippen LogP contribution is -2.49. The van der Waals surface area contributed by atoms with Gasteiger partial charge < -0.3 is 35.5 Å². The monoisotopic (exact) mass is 559 g/mol. The van der Waals surface area contributed by atoms with Crippen molar-refractivity contribution < 1.29 is 23.3 Å². The zero-order valence-electron chi connectivity index (χ0n) is 22.6. The zero-order chi connectivity index (χ0) is 27.9. The largest absolute Gasteiger partial charge is 0.489 e. The predicted molar refractivity (Wildman–Crippen MR) is 151 cm³/mol. The predicted octanol–water partition coefficient (Wildman–Crippen LogP) is 1.85. The van der Waals surface area contributed by atoms with Crippen LogP contribution in [0.5, 0.6) is 5.75 Å². The number of hydrogen-bond donors (Lipinski definition) is 3. The summed E-state index contributed by atoms with van der Waals surface area (Å²) < 4.78 is 25.5. The second-order valence-corrected chi connectivity index (χ2v) is 11.2. The highest BCUT2D eigenvalue weighted by Crippen LogP contribution is 2.36. The number of aryl methyl sites for hydroxylation is 1. The van der Waals surface area contributed by atoms with Crippen LogP contribution in [-0.2, 0) is 26.9 Å². The smallest absolute Gasteiger partial charge is 0.271 e. The number of likely N-dealkylation sites (N-methyl/N-ethyl adjacent to an activating group) is 1. The summed E-state index contributed by atoms with van der Waals surface area (Å²) in [6.07, 6.45) is 3.09. The Morgan fingerprint density at radius 3 is 2.69 bits per heavy atom. The molecule has 2 atom stereocenters. The van der Waals surface area contributed by atoms with E-state index < -0.39 is 16.9 Å². The lowest BCUT2D eigenvalue weighted by Gasteiger charge is -2.38. The van der Waals surface area contributed by atoms with Crippen LogP contribution in [-0.4, -0.2) is 88.5 Å². The number of hydrogen-bond acceptors (Lipinski definition) is 10. The Morgan fingerprint density at radius 2 is 2.03 bits per heavy atom. The van der Waals surface area contributed by atoms with Crippen molar-refractivity contribution in [1.82, 2.24) is 14.3 Å². The highest BCUT2D eigenvalue weighted by Gasteiger charge is 2.28. The van der Waals surface area contributed by atoms with Crippen molar-refractivity contribution in [1.29, 1.82) is 0 Å². The second-order valence-electron chi connectivity index (χ2n) is 9.47. The molecule has 0 saturated carbocycles. The number of carbonyl (C=O) groups excluding carboxylic acids is 2. The van der Waals surface area contributed by atoms with E-state index in [1.807, 2.05) is 39.1 Å². The first-order valence-electron chi connectivity index (χ1n) is 13.2. The average molecular weight is 560 g/mol. The molecule has 39 heavy (non-hydrogen) atoms. The minimum absolute atomic E-state index is 0.0689. The first-order valence-corrected chi connectivity index (χ1v) is 14.5. The van der Waals surface area contributed by atoms with Gasteiger partial charge in [0.25, 0.3) is 5.91 Å². The minimum atomic E-state index is -1.23. The minimum Gasteiger partial charge on any atom is -0.489 e. The quantitative estimate of drug-likeness (QED) is 0.329. The van der Waals surface area contributed by atoms with Crippen molar-refractivity contribution >= 4 is 46.2 Å². The van der Waals surface area contributed by atoms with Gasteiger partial charge >= 0.3 is 0 Å². The third-order valence-electron chi connectivity index (χ3n) is 6.91. The number of fused-ring (bicyclic) bond motifs is 1. The van der Waals surface area contributed by atoms with Crippen LogP contribution in [0.2, 0.25) is 0 Å². The van der Waals surface area contributed by atoms with E-state index in [4.69, 9.17) is 20.2 Å². The highest BCUT2D eigenvalue weighted by atomic mass is 32.2. The van der Waals surface area contributed by atoms with Gasteiger partial charge in [-0.1, -0.05) is 13.8 Å². The van der Waals surface area contributed by atoms with Crippen molar-refractivity contribution in [3.63, 3.8) is 0 Å². The zero-order valence-corrected chi connectivity index (χ0v) is 23.5. The fourth-order valence-corrected chi connectivity index (χ4v) is 5.60. The van der Waals surface area contributed by atoms with Crippen LogP contribution in [0.15, 0.2) is 18.2 Å². The molecule has 13 heteroatoms. The van der Waals surface area contributed by atoms with E-state index in [1.165, 1.54) is 0 Å². The fourth-order valence-electron chi connectivity index (χ4n) is 4.67. The molecular weight excluding hydrogens is 522 g/mol. The highest BCUT2D eigenvalue weighted by molar-refractivity contribution is 7.82. The van der Waals surface area contributed by atoms with Gasteiger partial charge in [-0.3, -0.25) is 4.79 Å². The number of primary amides is 1. The molecule has 0 spiro atoms. The molecule has 212 valence electrons. The van der Waals surface area contributed by atoms with E-state index in [2.05, 4.69) is 20.5 Å². The molecular formula is C26H37N7O5S. The van der Waals surface area contributed by atoms with E-state index in [0.29, 0.717) is 61.5 Å². The number of benzene rings is 1. The summed E-state index contributed by atoms with van der Waals surface area (Å²) >= 11 is 0. The van der Waals surface area contributed by atoms with Crippen LogP contribution >= 0.6 is 0 Å². The molecule has 1 amide bonds. The van der Waals surface area contributed by atoms with Crippen molar-refractivity contribution in [3.05, 3.63) is 29.6 Å². The Bertz CT molecular complexity index is 1210. The van der Waals surface area contributed by atoms with Gasteiger partial charge in [-0.2, -0.15) is 0 Å². The standard InChI is InChI=1S/C26H37N7O5S/c1-4-20-25(28-17-8-12-37-13-9-17)31-26(23(30-20)24(27)35)29-18-6-7-21-22(14-18)38-16-19(32(21)3)15-33(10-11-34)39(36)5-2/h6-7,11,14,17,19H,4-5,8-10,12-13,15-16H2,1-3H3,(H2,27,35)(H2,28,29,31). The maximum Gasteiger partial charge on any atom is 0.271 e. The number of nitrogens with zero attached hydrogens (tertiary/aromatic N) is 4. The molecule has 0 aliphatic carbocycles. The molecule has 2 unspecified atom stereocenters. The summed E-state index contributed by atoms with van der Waals surface area (Å²) in [5.74, 6) is 1.31. The summed E-state index contributed by atoms with van der Waals surface area (Å²) in [6.45, 7) is 6.05. The van der Waals surface area contributed by atoms with Gasteiger partial charge in [0.05, 0.1) is 35.0 Å². The van der Waals surface area contributed by atoms with Crippen LogP contribution in [0.3, 0.4) is 0 Å². The van der Waals surface area contributed by atoms with Gasteiger partial charge in [0.1, 0.15) is 18.6 Å². The summed E-state index contributed by atoms with van der Waals surface area (Å²) in [7, 11) is 0.715. The van der Waals surface area contributed by atoms with Crippen molar-refractivity contribution in [2.45, 2.75) is 45.2 Å². The van der Waals surface area contributed by atoms with E-state index in [-0.39, 0.29) is 30.1 Å². The third kappa shape index (κ3) is 6.84. The number of ether oxygens (including phenoxy) is 2. The van der Waals surface area contributed by atoms with Crippen LogP contribution in [0.25, 0.3) is 0 Å². The Morgan fingerprint density at radius 1 is 1.26 bits per heavy atom. The second kappa shape index (κ2) is 13.2. The van der Waals surface area contributed by atoms with Crippen molar-refractivity contribution in [2.75, 3.05) is 61.2 Å². The van der Waals surface area contributed by atoms with E-state index in [0.717, 1.165) is 24.8 Å². The Balaban J connectivity index is 1.55. The Hall–Kier alpha value is -3.29. The molecule has 2 aliphatic rings. The molecule has 1 saturated heterocycles. The molecule has 2 aliphatic heterocycles. The number of aldehydes is 1. The molecule has 0 bridgehead atoms. The normalized spacial score (nSPS) is 18.3. The Kier molecular flexibility index (Phi) is 9.70. The fraction of sp³-hybridized carbons (Fsp3) is 0.538. The van der Waals surface area contributed by atoms with Crippen molar-refractivity contribution in [3.8, 4) is 5.75 Å². The van der Waals surface area contributed by atoms with Crippen molar-refractivity contribution in [2.24, 2.45) is 5.73 Å². The molecule has 4 N–H and O–H groups in total. The van der Waals surface area contributed by atoms with Crippen LogP contribution in [0, 0.1) is 0 Å². The van der Waals surface area contributed by atoms with Crippen LogP contribution < -0.4 is 26.0 Å². The first kappa shape index (κ1) is 28.7. The SMILES string of the molecule is CCc1nc(C(N)=O)c(Nc2ccc3c(c2)OCC(CN(CC=O)S(=O)CC)N3C)nc1NC1CCOCC1. The van der Waals surface area contributed by atoms with E-state index in [1.54, 1.807) is 4.31 Å². The molecule has 2 aromatic rings. The number of nitrogens with one attached hydrogen (secondary N) is 2. The summed E-state index contributed by atoms with van der Waals surface area (Å²) in [6, 6.07) is 5.73. The average Bonchev–Trinajstić information content (AvgIpc) is 2.94. The van der Waals surface area contributed by atoms with Gasteiger partial charge in [0, 0.05) is 50.4 Å². The van der Waals surface area contributed by atoms with Gasteiger partial charge in [-0.15, -0.1) is 0 Å².